The highest BCUT2D eigenvalue weighted by molar-refractivity contribution is 5.91. The summed E-state index contributed by atoms with van der Waals surface area (Å²) in [4.78, 5) is 38.8. The van der Waals surface area contributed by atoms with Gasteiger partial charge in [0.05, 0.1) is 5.69 Å². The van der Waals surface area contributed by atoms with E-state index in [1.54, 1.807) is 19.1 Å². The van der Waals surface area contributed by atoms with Gasteiger partial charge in [-0.1, -0.05) is 6.07 Å². The maximum Gasteiger partial charge on any atom is 0.226 e. The van der Waals surface area contributed by atoms with E-state index < -0.39 is 0 Å². The molecule has 0 aliphatic carbocycles. The SMILES string of the molecule is C/C(=N/c1cccc(N)c1C)N(C=O)C(C)CCC(=O)NC=O. The lowest BCUT2D eigenvalue weighted by Gasteiger charge is -2.24. The van der Waals surface area contributed by atoms with Gasteiger partial charge in [0, 0.05) is 18.2 Å². The van der Waals surface area contributed by atoms with Crippen LogP contribution in [0.5, 0.6) is 0 Å². The van der Waals surface area contributed by atoms with Crippen molar-refractivity contribution in [2.45, 2.75) is 39.7 Å². The molecule has 1 atom stereocenters. The highest BCUT2D eigenvalue weighted by Crippen LogP contribution is 2.24. The first-order chi connectivity index (χ1) is 10.9. The second-order valence-electron chi connectivity index (χ2n) is 5.24. The molecular weight excluding hydrogens is 296 g/mol. The summed E-state index contributed by atoms with van der Waals surface area (Å²) in [6, 6.07) is 5.18. The Morgan fingerprint density at radius 1 is 1.43 bits per heavy atom. The molecule has 0 heterocycles. The average Bonchev–Trinajstić information content (AvgIpc) is 2.51. The molecule has 7 nitrogen and oxygen atoms in total. The van der Waals surface area contributed by atoms with Crippen LogP contribution in [0.25, 0.3) is 0 Å². The van der Waals surface area contributed by atoms with Gasteiger partial charge >= 0.3 is 0 Å². The predicted molar refractivity (Wildman–Crippen MR) is 89.2 cm³/mol. The van der Waals surface area contributed by atoms with E-state index in [2.05, 4.69) is 10.3 Å². The number of carbonyl (C=O) groups excluding carboxylic acids is 3. The quantitative estimate of drug-likeness (QED) is 0.344. The lowest BCUT2D eigenvalue weighted by molar-refractivity contribution is -0.126. The van der Waals surface area contributed by atoms with E-state index in [1.807, 2.05) is 19.9 Å². The van der Waals surface area contributed by atoms with Crippen molar-refractivity contribution in [3.05, 3.63) is 23.8 Å². The Labute approximate surface area is 135 Å². The minimum Gasteiger partial charge on any atom is -0.398 e. The summed E-state index contributed by atoms with van der Waals surface area (Å²) < 4.78 is 0. The number of nitrogens with two attached hydrogens (primary N) is 1. The highest BCUT2D eigenvalue weighted by Gasteiger charge is 2.16. The third kappa shape index (κ3) is 5.21. The summed E-state index contributed by atoms with van der Waals surface area (Å²) in [5.74, 6) is 0.135. The van der Waals surface area contributed by atoms with E-state index in [4.69, 9.17) is 5.73 Å². The van der Waals surface area contributed by atoms with Crippen LogP contribution in [0.4, 0.5) is 11.4 Å². The number of nitrogens with one attached hydrogen (secondary N) is 1. The number of carbonyl (C=O) groups is 3. The van der Waals surface area contributed by atoms with Gasteiger partial charge in [-0.05, 0) is 44.9 Å². The number of aliphatic imine (C=N–C) groups is 1. The number of hydrogen-bond donors (Lipinski definition) is 2. The Morgan fingerprint density at radius 3 is 2.74 bits per heavy atom. The number of rotatable bonds is 7. The van der Waals surface area contributed by atoms with Crippen LogP contribution in [0, 0.1) is 6.92 Å². The zero-order valence-corrected chi connectivity index (χ0v) is 13.6. The summed E-state index contributed by atoms with van der Waals surface area (Å²) in [5.41, 5.74) is 8.02. The molecule has 7 heteroatoms. The van der Waals surface area contributed by atoms with Crippen LogP contribution in [-0.2, 0) is 14.4 Å². The number of amidine groups is 1. The van der Waals surface area contributed by atoms with E-state index in [9.17, 15) is 14.4 Å². The van der Waals surface area contributed by atoms with Gasteiger partial charge in [0.2, 0.25) is 18.7 Å². The topological polar surface area (TPSA) is 105 Å². The van der Waals surface area contributed by atoms with Crippen molar-refractivity contribution in [2.75, 3.05) is 5.73 Å². The Kier molecular flexibility index (Phi) is 6.92. The number of imide groups is 1. The summed E-state index contributed by atoms with van der Waals surface area (Å²) in [7, 11) is 0. The number of amides is 3. The van der Waals surface area contributed by atoms with Gasteiger partial charge in [0.15, 0.2) is 0 Å². The maximum absolute atomic E-state index is 11.4. The molecule has 0 fully saturated rings. The van der Waals surface area contributed by atoms with E-state index in [0.29, 0.717) is 36.5 Å². The fourth-order valence-electron chi connectivity index (χ4n) is 2.11. The van der Waals surface area contributed by atoms with Crippen LogP contribution in [-0.4, -0.2) is 35.5 Å². The molecule has 0 saturated heterocycles. The van der Waals surface area contributed by atoms with Crippen molar-refractivity contribution in [2.24, 2.45) is 4.99 Å². The van der Waals surface area contributed by atoms with Crippen LogP contribution in [0.1, 0.15) is 32.3 Å². The summed E-state index contributed by atoms with van der Waals surface area (Å²) in [6.07, 6.45) is 1.60. The van der Waals surface area contributed by atoms with E-state index in [0.717, 1.165) is 5.56 Å². The van der Waals surface area contributed by atoms with Crippen molar-refractivity contribution in [1.82, 2.24) is 10.2 Å². The Hall–Kier alpha value is -2.70. The molecule has 23 heavy (non-hydrogen) atoms. The van der Waals surface area contributed by atoms with E-state index in [1.165, 1.54) is 4.90 Å². The molecule has 0 saturated carbocycles. The number of benzene rings is 1. The van der Waals surface area contributed by atoms with Crippen LogP contribution in [0.2, 0.25) is 0 Å². The van der Waals surface area contributed by atoms with Crippen LogP contribution < -0.4 is 11.1 Å². The van der Waals surface area contributed by atoms with Crippen molar-refractivity contribution in [3.63, 3.8) is 0 Å². The first-order valence-electron chi connectivity index (χ1n) is 7.27. The fraction of sp³-hybridized carbons (Fsp3) is 0.375. The largest absolute Gasteiger partial charge is 0.398 e. The van der Waals surface area contributed by atoms with Crippen LogP contribution >= 0.6 is 0 Å². The Bertz CT molecular complexity index is 613. The second kappa shape index (κ2) is 8.67. The summed E-state index contributed by atoms with van der Waals surface area (Å²) in [5, 5.41) is 2.07. The monoisotopic (exact) mass is 318 g/mol. The van der Waals surface area contributed by atoms with Gasteiger partial charge in [-0.25, -0.2) is 4.99 Å². The Morgan fingerprint density at radius 2 is 2.13 bits per heavy atom. The molecule has 3 amide bonds. The summed E-state index contributed by atoms with van der Waals surface area (Å²) >= 11 is 0. The Balaban J connectivity index is 2.85. The first kappa shape index (κ1) is 18.3. The molecule has 3 N–H and O–H groups in total. The van der Waals surface area contributed by atoms with Crippen molar-refractivity contribution < 1.29 is 14.4 Å². The third-order valence-corrected chi connectivity index (χ3v) is 3.60. The van der Waals surface area contributed by atoms with Gasteiger partial charge in [0.1, 0.15) is 5.84 Å². The maximum atomic E-state index is 11.4. The molecule has 0 bridgehead atoms. The molecule has 1 unspecified atom stereocenters. The highest BCUT2D eigenvalue weighted by atomic mass is 16.2. The molecule has 0 aliphatic heterocycles. The number of nitrogens with zero attached hydrogens (tertiary/aromatic N) is 2. The number of nitrogen functional groups attached to an aromatic ring is 1. The molecule has 124 valence electrons. The van der Waals surface area contributed by atoms with Gasteiger partial charge in [0.25, 0.3) is 0 Å². The lowest BCUT2D eigenvalue weighted by Crippen LogP contribution is -2.37. The molecule has 1 aromatic carbocycles. The van der Waals surface area contributed by atoms with Crippen molar-refractivity contribution in [1.29, 1.82) is 0 Å². The third-order valence-electron chi connectivity index (χ3n) is 3.60. The molecule has 1 aromatic rings. The molecule has 1 rings (SSSR count). The zero-order valence-electron chi connectivity index (χ0n) is 13.6. The summed E-state index contributed by atoms with van der Waals surface area (Å²) in [6.45, 7) is 5.40. The average molecular weight is 318 g/mol. The van der Waals surface area contributed by atoms with Crippen LogP contribution in [0.3, 0.4) is 0 Å². The molecule has 0 radical (unpaired) electrons. The first-order valence-corrected chi connectivity index (χ1v) is 7.27. The van der Waals surface area contributed by atoms with Gasteiger partial charge in [-0.2, -0.15) is 0 Å². The lowest BCUT2D eigenvalue weighted by atomic mass is 10.1. The normalized spacial score (nSPS) is 12.4. The second-order valence-corrected chi connectivity index (χ2v) is 5.24. The molecular formula is C16H22N4O3. The number of anilines is 1. The van der Waals surface area contributed by atoms with E-state index in [-0.39, 0.29) is 18.4 Å². The molecule has 0 spiro atoms. The fourth-order valence-corrected chi connectivity index (χ4v) is 2.11. The minimum atomic E-state index is -0.376. The van der Waals surface area contributed by atoms with Gasteiger partial charge in [-0.3, -0.25) is 19.7 Å². The minimum absolute atomic E-state index is 0.148. The molecule has 0 aliphatic rings. The molecule has 0 aromatic heterocycles. The number of hydrogen-bond acceptors (Lipinski definition) is 5. The smallest absolute Gasteiger partial charge is 0.226 e. The van der Waals surface area contributed by atoms with Gasteiger partial charge in [-0.15, -0.1) is 0 Å². The van der Waals surface area contributed by atoms with Gasteiger partial charge < -0.3 is 10.6 Å². The van der Waals surface area contributed by atoms with E-state index >= 15 is 0 Å². The van der Waals surface area contributed by atoms with Crippen molar-refractivity contribution >= 4 is 35.9 Å². The standard InChI is InChI=1S/C16H22N4O3/c1-11(7-8-16(23)18-9-21)20(10-22)13(3)19-15-6-4-5-14(17)12(15)2/h4-6,9-11H,7-8,17H2,1-3H3,(H,18,21,23)/b19-13-. The van der Waals surface area contributed by atoms with Crippen molar-refractivity contribution in [3.8, 4) is 0 Å². The predicted octanol–water partition coefficient (Wildman–Crippen LogP) is 1.53. The van der Waals surface area contributed by atoms with Crippen LogP contribution in [0.15, 0.2) is 23.2 Å². The zero-order chi connectivity index (χ0) is 17.4.